The third-order valence-electron chi connectivity index (χ3n) is 4.68. The maximum Gasteiger partial charge on any atom is 0.335 e. The number of methoxy groups -OCH3 is 4. The van der Waals surface area contributed by atoms with Crippen LogP contribution in [0.3, 0.4) is 0 Å². The van der Waals surface area contributed by atoms with Gasteiger partial charge in [0.05, 0.1) is 45.4 Å². The third kappa shape index (κ3) is 4.41. The van der Waals surface area contributed by atoms with Gasteiger partial charge in [-0.15, -0.1) is 0 Å². The number of ether oxygens (including phenoxy) is 4. The first-order chi connectivity index (χ1) is 15.4. The Balaban J connectivity index is 2.19. The van der Waals surface area contributed by atoms with E-state index in [1.165, 1.54) is 51.7 Å². The largest absolute Gasteiger partial charge is 0.493 e. The number of pyridine rings is 1. The number of carbonyl (C=O) groups excluding carboxylic acids is 1. The zero-order valence-electron chi connectivity index (χ0n) is 18.0. The molecule has 0 atom stereocenters. The van der Waals surface area contributed by atoms with Crippen LogP contribution < -0.4 is 23.8 Å². The number of aromatic nitrogens is 1. The second-order valence-corrected chi connectivity index (χ2v) is 6.45. The molecule has 0 aliphatic rings. The van der Waals surface area contributed by atoms with E-state index in [0.29, 0.717) is 34.4 Å². The number of amides is 1. The zero-order chi connectivity index (χ0) is 23.3. The van der Waals surface area contributed by atoms with Crippen LogP contribution in [0.1, 0.15) is 20.8 Å². The minimum Gasteiger partial charge on any atom is -0.493 e. The standard InChI is InChI=1S/C23H22N2O7/c1-29-18-7-5-15(12-20(18)31-3)25(16-6-8-19(30-2)21(13-16)32-4)22(26)17-11-14(23(27)28)9-10-24-17/h5-13H,1-4H3,(H,27,28). The number of hydrogen-bond acceptors (Lipinski definition) is 7. The molecule has 9 heteroatoms. The first-order valence-corrected chi connectivity index (χ1v) is 9.41. The van der Waals surface area contributed by atoms with Gasteiger partial charge in [-0.05, 0) is 36.4 Å². The van der Waals surface area contributed by atoms with Gasteiger partial charge in [0.25, 0.3) is 5.91 Å². The molecule has 0 aliphatic carbocycles. The minimum atomic E-state index is -1.16. The van der Waals surface area contributed by atoms with Gasteiger partial charge in [-0.25, -0.2) is 4.79 Å². The van der Waals surface area contributed by atoms with Crippen molar-refractivity contribution >= 4 is 23.3 Å². The Morgan fingerprint density at radius 2 is 1.25 bits per heavy atom. The Labute approximate surface area is 184 Å². The van der Waals surface area contributed by atoms with Gasteiger partial charge >= 0.3 is 5.97 Å². The summed E-state index contributed by atoms with van der Waals surface area (Å²) in [6, 6.07) is 12.5. The van der Waals surface area contributed by atoms with Crippen LogP contribution in [0, 0.1) is 0 Å². The molecule has 3 rings (SSSR count). The monoisotopic (exact) mass is 438 g/mol. The van der Waals surface area contributed by atoms with Crippen LogP contribution in [0.25, 0.3) is 0 Å². The number of carboxylic acid groups (broad SMARTS) is 1. The third-order valence-corrected chi connectivity index (χ3v) is 4.68. The van der Waals surface area contributed by atoms with Crippen molar-refractivity contribution in [3.05, 3.63) is 66.0 Å². The lowest BCUT2D eigenvalue weighted by molar-refractivity contribution is 0.0696. The van der Waals surface area contributed by atoms with Gasteiger partial charge in [0.15, 0.2) is 23.0 Å². The van der Waals surface area contributed by atoms with Crippen molar-refractivity contribution in [1.29, 1.82) is 0 Å². The number of anilines is 2. The second kappa shape index (κ2) is 9.69. The molecule has 0 radical (unpaired) electrons. The number of hydrogen-bond donors (Lipinski definition) is 1. The summed E-state index contributed by atoms with van der Waals surface area (Å²) in [7, 11) is 6.00. The molecule has 0 fully saturated rings. The fraction of sp³-hybridized carbons (Fsp3) is 0.174. The topological polar surface area (TPSA) is 107 Å². The Morgan fingerprint density at radius 3 is 1.69 bits per heavy atom. The Bertz CT molecular complexity index is 1090. The number of benzene rings is 2. The molecule has 0 unspecified atom stereocenters. The molecule has 3 aromatic rings. The highest BCUT2D eigenvalue weighted by atomic mass is 16.5. The van der Waals surface area contributed by atoms with Crippen LogP contribution in [-0.2, 0) is 0 Å². The molecule has 1 aromatic heterocycles. The van der Waals surface area contributed by atoms with E-state index >= 15 is 0 Å². The summed E-state index contributed by atoms with van der Waals surface area (Å²) in [5, 5.41) is 9.30. The van der Waals surface area contributed by atoms with Crippen molar-refractivity contribution in [2.75, 3.05) is 33.3 Å². The summed E-state index contributed by atoms with van der Waals surface area (Å²) in [5.74, 6) is 0.0905. The average molecular weight is 438 g/mol. The lowest BCUT2D eigenvalue weighted by atomic mass is 10.1. The van der Waals surface area contributed by atoms with E-state index in [-0.39, 0.29) is 11.3 Å². The van der Waals surface area contributed by atoms with E-state index in [1.807, 2.05) is 0 Å². The van der Waals surface area contributed by atoms with Crippen LogP contribution in [0.2, 0.25) is 0 Å². The fourth-order valence-electron chi connectivity index (χ4n) is 3.11. The highest BCUT2D eigenvalue weighted by molar-refractivity contribution is 6.10. The van der Waals surface area contributed by atoms with Gasteiger partial charge in [-0.2, -0.15) is 0 Å². The van der Waals surface area contributed by atoms with Crippen LogP contribution in [0.15, 0.2) is 54.7 Å². The molecular formula is C23H22N2O7. The van der Waals surface area contributed by atoms with Gasteiger partial charge in [0.1, 0.15) is 5.69 Å². The van der Waals surface area contributed by atoms with E-state index in [1.54, 1.807) is 36.4 Å². The summed E-state index contributed by atoms with van der Waals surface area (Å²) in [6.07, 6.45) is 1.28. The molecule has 0 bridgehead atoms. The van der Waals surface area contributed by atoms with Crippen molar-refractivity contribution < 1.29 is 33.6 Å². The first-order valence-electron chi connectivity index (χ1n) is 9.41. The average Bonchev–Trinajstić information content (AvgIpc) is 2.83. The van der Waals surface area contributed by atoms with Crippen LogP contribution >= 0.6 is 0 Å². The van der Waals surface area contributed by atoms with E-state index in [9.17, 15) is 14.7 Å². The molecular weight excluding hydrogens is 416 g/mol. The van der Waals surface area contributed by atoms with Crippen LogP contribution in [0.4, 0.5) is 11.4 Å². The molecule has 166 valence electrons. The smallest absolute Gasteiger partial charge is 0.335 e. The molecule has 1 heterocycles. The number of nitrogens with zero attached hydrogens (tertiary/aromatic N) is 2. The van der Waals surface area contributed by atoms with Gasteiger partial charge < -0.3 is 24.1 Å². The summed E-state index contributed by atoms with van der Waals surface area (Å²) in [4.78, 5) is 30.4. The number of rotatable bonds is 8. The van der Waals surface area contributed by atoms with Crippen molar-refractivity contribution in [3.8, 4) is 23.0 Å². The second-order valence-electron chi connectivity index (χ2n) is 6.45. The predicted molar refractivity (Wildman–Crippen MR) is 117 cm³/mol. The minimum absolute atomic E-state index is 0.0468. The molecule has 9 nitrogen and oxygen atoms in total. The number of carbonyl (C=O) groups is 2. The Hall–Kier alpha value is -4.27. The summed E-state index contributed by atoms with van der Waals surface area (Å²) in [5.41, 5.74) is 0.794. The zero-order valence-corrected chi connectivity index (χ0v) is 18.0. The normalized spacial score (nSPS) is 10.2. The highest BCUT2D eigenvalue weighted by Gasteiger charge is 2.24. The van der Waals surface area contributed by atoms with Crippen molar-refractivity contribution in [2.24, 2.45) is 0 Å². The molecule has 0 saturated carbocycles. The van der Waals surface area contributed by atoms with Gasteiger partial charge in [0.2, 0.25) is 0 Å². The molecule has 1 amide bonds. The molecule has 0 aliphatic heterocycles. The lowest BCUT2D eigenvalue weighted by Gasteiger charge is -2.24. The van der Waals surface area contributed by atoms with Crippen LogP contribution in [-0.4, -0.2) is 50.4 Å². The number of carboxylic acids is 1. The maximum atomic E-state index is 13.6. The van der Waals surface area contributed by atoms with Gasteiger partial charge in [0, 0.05) is 18.3 Å². The van der Waals surface area contributed by atoms with Crippen molar-refractivity contribution in [1.82, 2.24) is 4.98 Å². The molecule has 0 spiro atoms. The van der Waals surface area contributed by atoms with Gasteiger partial charge in [-0.1, -0.05) is 0 Å². The number of aromatic carboxylic acids is 1. The van der Waals surface area contributed by atoms with Crippen molar-refractivity contribution in [2.45, 2.75) is 0 Å². The summed E-state index contributed by atoms with van der Waals surface area (Å²) < 4.78 is 21.3. The van der Waals surface area contributed by atoms with E-state index in [2.05, 4.69) is 4.98 Å². The fourth-order valence-corrected chi connectivity index (χ4v) is 3.11. The quantitative estimate of drug-likeness (QED) is 0.566. The molecule has 1 N–H and O–H groups in total. The van der Waals surface area contributed by atoms with Crippen molar-refractivity contribution in [3.63, 3.8) is 0 Å². The lowest BCUT2D eigenvalue weighted by Crippen LogP contribution is -2.27. The summed E-state index contributed by atoms with van der Waals surface area (Å²) >= 11 is 0. The van der Waals surface area contributed by atoms with E-state index in [4.69, 9.17) is 18.9 Å². The highest BCUT2D eigenvalue weighted by Crippen LogP contribution is 2.38. The van der Waals surface area contributed by atoms with E-state index in [0.717, 1.165) is 0 Å². The predicted octanol–water partition coefficient (Wildman–Crippen LogP) is 3.79. The van der Waals surface area contributed by atoms with Crippen LogP contribution in [0.5, 0.6) is 23.0 Å². The van der Waals surface area contributed by atoms with Gasteiger partial charge in [-0.3, -0.25) is 14.7 Å². The Morgan fingerprint density at radius 1 is 0.750 bits per heavy atom. The Kier molecular flexibility index (Phi) is 6.79. The molecule has 32 heavy (non-hydrogen) atoms. The maximum absolute atomic E-state index is 13.6. The molecule has 0 saturated heterocycles. The SMILES string of the molecule is COc1ccc(N(C(=O)c2cc(C(=O)O)ccn2)c2ccc(OC)c(OC)c2)cc1OC. The van der Waals surface area contributed by atoms with E-state index < -0.39 is 11.9 Å². The molecule has 2 aromatic carbocycles. The first kappa shape index (κ1) is 22.4. The summed E-state index contributed by atoms with van der Waals surface area (Å²) in [6.45, 7) is 0.